The minimum Gasteiger partial charge on any atom is -0.379 e. The molecule has 1 aliphatic carbocycles. The third-order valence-electron chi connectivity index (χ3n) is 4.91. The van der Waals surface area contributed by atoms with Gasteiger partial charge in [0.15, 0.2) is 0 Å². The van der Waals surface area contributed by atoms with Crippen molar-refractivity contribution in [3.63, 3.8) is 0 Å². The molecule has 2 heterocycles. The highest BCUT2D eigenvalue weighted by Crippen LogP contribution is 2.30. The van der Waals surface area contributed by atoms with Gasteiger partial charge < -0.3 is 4.74 Å². The van der Waals surface area contributed by atoms with Gasteiger partial charge in [-0.05, 0) is 32.7 Å². The first kappa shape index (κ1) is 17.8. The smallest absolute Gasteiger partial charge is 0.243 e. The first-order valence-electron chi connectivity index (χ1n) is 8.92. The van der Waals surface area contributed by atoms with Gasteiger partial charge in [-0.15, -0.1) is 0 Å². The Kier molecular flexibility index (Phi) is 5.91. The lowest BCUT2D eigenvalue weighted by molar-refractivity contribution is 0.0376. The van der Waals surface area contributed by atoms with Crippen molar-refractivity contribution in [2.75, 3.05) is 39.4 Å². The van der Waals surface area contributed by atoms with E-state index in [-0.39, 0.29) is 0 Å². The molecule has 2 aliphatic rings. The second kappa shape index (κ2) is 7.95. The van der Waals surface area contributed by atoms with Crippen molar-refractivity contribution in [1.29, 1.82) is 0 Å². The highest BCUT2D eigenvalue weighted by molar-refractivity contribution is 7.89. The molecule has 7 nitrogen and oxygen atoms in total. The molecule has 1 aromatic heterocycles. The van der Waals surface area contributed by atoms with E-state index in [0.29, 0.717) is 23.2 Å². The summed E-state index contributed by atoms with van der Waals surface area (Å²) >= 11 is 0. The summed E-state index contributed by atoms with van der Waals surface area (Å²) in [7, 11) is -3.48. The summed E-state index contributed by atoms with van der Waals surface area (Å²) in [5, 5.41) is 4.44. The Morgan fingerprint density at radius 2 is 2.00 bits per heavy atom. The van der Waals surface area contributed by atoms with Crippen molar-refractivity contribution < 1.29 is 13.2 Å². The van der Waals surface area contributed by atoms with Crippen molar-refractivity contribution in [3.8, 4) is 0 Å². The molecular weight excluding hydrogens is 328 g/mol. The quantitative estimate of drug-likeness (QED) is 0.746. The van der Waals surface area contributed by atoms with Crippen LogP contribution in [0.4, 0.5) is 0 Å². The molecule has 8 heteroatoms. The monoisotopic (exact) mass is 356 g/mol. The molecule has 2 fully saturated rings. The minimum absolute atomic E-state index is 0.320. The number of sulfonamides is 1. The number of nitrogens with one attached hydrogen (secondary N) is 1. The molecule has 1 aliphatic heterocycles. The molecule has 0 bridgehead atoms. The van der Waals surface area contributed by atoms with E-state index in [1.807, 2.05) is 4.68 Å². The maximum absolute atomic E-state index is 12.5. The van der Waals surface area contributed by atoms with Crippen molar-refractivity contribution in [2.45, 2.75) is 50.0 Å². The van der Waals surface area contributed by atoms with Gasteiger partial charge in [0, 0.05) is 25.8 Å². The number of hydrogen-bond donors (Lipinski definition) is 1. The fourth-order valence-corrected chi connectivity index (χ4v) is 4.74. The van der Waals surface area contributed by atoms with Gasteiger partial charge in [-0.1, -0.05) is 12.8 Å². The summed E-state index contributed by atoms with van der Waals surface area (Å²) in [6.45, 7) is 6.52. The van der Waals surface area contributed by atoms with Crippen molar-refractivity contribution in [1.82, 2.24) is 19.4 Å². The average molecular weight is 356 g/mol. The molecule has 1 saturated heterocycles. The Bertz CT molecular complexity index is 632. The Labute approximate surface area is 144 Å². The van der Waals surface area contributed by atoms with E-state index in [9.17, 15) is 8.42 Å². The first-order chi connectivity index (χ1) is 11.6. The topological polar surface area (TPSA) is 76.5 Å². The number of rotatable bonds is 7. The van der Waals surface area contributed by atoms with E-state index in [1.54, 1.807) is 13.1 Å². The highest BCUT2D eigenvalue weighted by atomic mass is 32.2. The third-order valence-corrected chi connectivity index (χ3v) is 6.47. The molecular formula is C16H28N4O3S. The largest absolute Gasteiger partial charge is 0.379 e. The maximum Gasteiger partial charge on any atom is 0.243 e. The molecule has 136 valence electrons. The summed E-state index contributed by atoms with van der Waals surface area (Å²) in [5.41, 5.74) is 0.586. The van der Waals surface area contributed by atoms with E-state index in [0.717, 1.165) is 52.1 Å². The van der Waals surface area contributed by atoms with Gasteiger partial charge in [-0.3, -0.25) is 9.58 Å². The lowest BCUT2D eigenvalue weighted by Crippen LogP contribution is -2.38. The molecule has 0 aromatic carbocycles. The third kappa shape index (κ3) is 4.36. The van der Waals surface area contributed by atoms with Crippen LogP contribution in [0.2, 0.25) is 0 Å². The van der Waals surface area contributed by atoms with Gasteiger partial charge in [0.25, 0.3) is 0 Å². The fraction of sp³-hybridized carbons (Fsp3) is 0.812. The first-order valence-corrected chi connectivity index (χ1v) is 10.4. The molecule has 1 aromatic rings. The normalized spacial score (nSPS) is 20.7. The number of nitrogens with zero attached hydrogens (tertiary/aromatic N) is 3. The maximum atomic E-state index is 12.5. The van der Waals surface area contributed by atoms with E-state index in [4.69, 9.17) is 4.74 Å². The van der Waals surface area contributed by atoms with Crippen molar-refractivity contribution >= 4 is 10.0 Å². The van der Waals surface area contributed by atoms with Crippen molar-refractivity contribution in [3.05, 3.63) is 11.9 Å². The molecule has 3 rings (SSSR count). The number of ether oxygens (including phenoxy) is 1. The van der Waals surface area contributed by atoms with Gasteiger partial charge >= 0.3 is 0 Å². The van der Waals surface area contributed by atoms with Crippen LogP contribution in [0.25, 0.3) is 0 Å². The number of aryl methyl sites for hydroxylation is 1. The molecule has 0 atom stereocenters. The number of hydrogen-bond acceptors (Lipinski definition) is 5. The Balaban J connectivity index is 1.52. The Hall–Kier alpha value is -0.960. The second-order valence-corrected chi connectivity index (χ2v) is 8.44. The van der Waals surface area contributed by atoms with E-state index in [1.165, 1.54) is 12.8 Å². The van der Waals surface area contributed by atoms with Gasteiger partial charge in [0.2, 0.25) is 10.0 Å². The fourth-order valence-electron chi connectivity index (χ4n) is 3.50. The SMILES string of the molecule is Cc1nn(C2CCCC2)cc1S(=O)(=O)NCCCN1CCOCC1. The molecule has 1 N–H and O–H groups in total. The van der Waals surface area contributed by atoms with Crippen LogP contribution in [0.15, 0.2) is 11.1 Å². The molecule has 1 saturated carbocycles. The van der Waals surface area contributed by atoms with Crippen LogP contribution < -0.4 is 4.72 Å². The van der Waals surface area contributed by atoms with Crippen LogP contribution in [-0.4, -0.2) is 62.5 Å². The lowest BCUT2D eigenvalue weighted by Gasteiger charge is -2.26. The summed E-state index contributed by atoms with van der Waals surface area (Å²) in [6.07, 6.45) is 7.09. The van der Waals surface area contributed by atoms with Crippen LogP contribution in [0.3, 0.4) is 0 Å². The summed E-state index contributed by atoms with van der Waals surface area (Å²) < 4.78 is 35.0. The van der Waals surface area contributed by atoms with Crippen LogP contribution in [0.1, 0.15) is 43.8 Å². The average Bonchev–Trinajstić information content (AvgIpc) is 3.22. The lowest BCUT2D eigenvalue weighted by atomic mass is 10.3. The van der Waals surface area contributed by atoms with Crippen LogP contribution >= 0.6 is 0 Å². The summed E-state index contributed by atoms with van der Waals surface area (Å²) in [6, 6.07) is 0.356. The highest BCUT2D eigenvalue weighted by Gasteiger charge is 2.24. The van der Waals surface area contributed by atoms with E-state index < -0.39 is 10.0 Å². The van der Waals surface area contributed by atoms with Gasteiger partial charge in [-0.2, -0.15) is 5.10 Å². The zero-order valence-electron chi connectivity index (χ0n) is 14.4. The number of morpholine rings is 1. The summed E-state index contributed by atoms with van der Waals surface area (Å²) in [5.74, 6) is 0. The minimum atomic E-state index is -3.48. The second-order valence-electron chi connectivity index (χ2n) is 6.70. The molecule has 0 radical (unpaired) electrons. The van der Waals surface area contributed by atoms with E-state index in [2.05, 4.69) is 14.7 Å². The van der Waals surface area contributed by atoms with Crippen LogP contribution in [0, 0.1) is 6.92 Å². The molecule has 0 unspecified atom stereocenters. The molecule has 0 spiro atoms. The van der Waals surface area contributed by atoms with Crippen LogP contribution in [-0.2, 0) is 14.8 Å². The standard InChI is InChI=1S/C16H28N4O3S/c1-14-16(13-20(18-14)15-5-2-3-6-15)24(21,22)17-7-4-8-19-9-11-23-12-10-19/h13,15,17H,2-12H2,1H3. The zero-order chi connectivity index (χ0) is 17.0. The van der Waals surface area contributed by atoms with Gasteiger partial charge in [-0.25, -0.2) is 13.1 Å². The van der Waals surface area contributed by atoms with E-state index >= 15 is 0 Å². The molecule has 24 heavy (non-hydrogen) atoms. The predicted octanol–water partition coefficient (Wildman–Crippen LogP) is 1.31. The number of aromatic nitrogens is 2. The predicted molar refractivity (Wildman–Crippen MR) is 91.5 cm³/mol. The van der Waals surface area contributed by atoms with Gasteiger partial charge in [0.1, 0.15) is 4.90 Å². The zero-order valence-corrected chi connectivity index (χ0v) is 15.2. The Morgan fingerprint density at radius 3 is 2.71 bits per heavy atom. The van der Waals surface area contributed by atoms with Gasteiger partial charge in [0.05, 0.1) is 24.9 Å². The molecule has 0 amide bonds. The summed E-state index contributed by atoms with van der Waals surface area (Å²) in [4.78, 5) is 2.63. The van der Waals surface area contributed by atoms with Crippen LogP contribution in [0.5, 0.6) is 0 Å². The van der Waals surface area contributed by atoms with Crippen molar-refractivity contribution in [2.24, 2.45) is 0 Å². The Morgan fingerprint density at radius 1 is 1.29 bits per heavy atom.